The van der Waals surface area contributed by atoms with Crippen molar-refractivity contribution in [1.82, 2.24) is 20.4 Å². The van der Waals surface area contributed by atoms with Gasteiger partial charge in [-0.2, -0.15) is 0 Å². The van der Waals surface area contributed by atoms with Crippen molar-refractivity contribution in [2.24, 2.45) is 4.99 Å². The van der Waals surface area contributed by atoms with E-state index in [1.165, 1.54) is 0 Å². The highest BCUT2D eigenvalue weighted by Crippen LogP contribution is 2.30. The third-order valence-electron chi connectivity index (χ3n) is 4.34. The highest BCUT2D eigenvalue weighted by molar-refractivity contribution is 9.10. The molecule has 8 heteroatoms. The van der Waals surface area contributed by atoms with Gasteiger partial charge in [-0.15, -0.1) is 12.4 Å². The summed E-state index contributed by atoms with van der Waals surface area (Å²) in [5.41, 5.74) is 2.05. The molecule has 3 aliphatic heterocycles. The molecule has 1 aromatic rings. The van der Waals surface area contributed by atoms with Gasteiger partial charge in [-0.25, -0.2) is 4.79 Å². The van der Waals surface area contributed by atoms with E-state index in [9.17, 15) is 4.79 Å². The number of fused-ring (bicyclic) bond motifs is 2. The molecule has 1 unspecified atom stereocenters. The van der Waals surface area contributed by atoms with Gasteiger partial charge in [0.25, 0.3) is 0 Å². The average molecular weight is 413 g/mol. The molecule has 3 aliphatic rings. The van der Waals surface area contributed by atoms with Gasteiger partial charge in [-0.05, 0) is 31.0 Å². The van der Waals surface area contributed by atoms with Crippen LogP contribution in [0.15, 0.2) is 45.2 Å². The Bertz CT molecular complexity index is 718. The number of nitrogens with zero attached hydrogens (tertiary/aromatic N) is 3. The molecule has 0 aliphatic carbocycles. The van der Waals surface area contributed by atoms with Gasteiger partial charge in [-0.1, -0.05) is 28.1 Å². The molecule has 1 aromatic carbocycles. The van der Waals surface area contributed by atoms with Gasteiger partial charge < -0.3 is 10.6 Å². The normalized spacial score (nSPS) is 22.2. The van der Waals surface area contributed by atoms with Crippen LogP contribution in [0.2, 0.25) is 0 Å². The molecule has 2 amide bonds. The topological polar surface area (TPSA) is 60.0 Å². The van der Waals surface area contributed by atoms with E-state index < -0.39 is 0 Å². The zero-order chi connectivity index (χ0) is 16.0. The third kappa shape index (κ3) is 2.65. The fourth-order valence-electron chi connectivity index (χ4n) is 3.20. The molecule has 24 heavy (non-hydrogen) atoms. The van der Waals surface area contributed by atoms with E-state index in [0.29, 0.717) is 6.54 Å². The van der Waals surface area contributed by atoms with Crippen LogP contribution in [0.25, 0.3) is 0 Å². The number of benzene rings is 1. The van der Waals surface area contributed by atoms with Crippen molar-refractivity contribution in [3.8, 4) is 0 Å². The van der Waals surface area contributed by atoms with Gasteiger partial charge in [0.15, 0.2) is 5.84 Å². The Hall–Kier alpha value is -1.73. The lowest BCUT2D eigenvalue weighted by atomic mass is 10.2. The standard InChI is InChI=1S/C16H18BrN5O.ClH/c1-2-21-15-12(14-18-8-3-9-22(14)16(21)23)19-13(20-15)10-4-6-11(17)7-5-10;/h4-7,13,19-20H,2-3,8-9H2,1H3;1H. The number of halogens is 2. The molecular weight excluding hydrogens is 394 g/mol. The van der Waals surface area contributed by atoms with Crippen molar-refractivity contribution in [2.75, 3.05) is 19.6 Å². The summed E-state index contributed by atoms with van der Waals surface area (Å²) in [6, 6.07) is 8.17. The van der Waals surface area contributed by atoms with Crippen molar-refractivity contribution < 1.29 is 4.79 Å². The Morgan fingerprint density at radius 2 is 2.04 bits per heavy atom. The minimum Gasteiger partial charge on any atom is -0.356 e. The van der Waals surface area contributed by atoms with Crippen LogP contribution >= 0.6 is 28.3 Å². The SMILES string of the molecule is CCN1C(=O)N2CCCN=C2C2=C1NC(c1ccc(Br)cc1)N2.Cl. The monoisotopic (exact) mass is 411 g/mol. The average Bonchev–Trinajstić information content (AvgIpc) is 3.01. The molecule has 1 atom stereocenters. The van der Waals surface area contributed by atoms with Gasteiger partial charge in [0.2, 0.25) is 0 Å². The first-order valence-electron chi connectivity index (χ1n) is 7.85. The number of amides is 2. The van der Waals surface area contributed by atoms with Crippen molar-refractivity contribution in [3.05, 3.63) is 45.8 Å². The van der Waals surface area contributed by atoms with Crippen LogP contribution < -0.4 is 10.6 Å². The summed E-state index contributed by atoms with van der Waals surface area (Å²) in [4.78, 5) is 20.8. The lowest BCUT2D eigenvalue weighted by Gasteiger charge is -2.37. The van der Waals surface area contributed by atoms with Gasteiger partial charge in [0.1, 0.15) is 17.7 Å². The second kappa shape index (κ2) is 6.64. The van der Waals surface area contributed by atoms with E-state index in [1.54, 1.807) is 9.80 Å². The zero-order valence-electron chi connectivity index (χ0n) is 13.3. The Labute approximate surface area is 155 Å². The number of hydrogen-bond donors (Lipinski definition) is 2. The van der Waals surface area contributed by atoms with E-state index >= 15 is 0 Å². The third-order valence-corrected chi connectivity index (χ3v) is 4.87. The first kappa shape index (κ1) is 17.1. The van der Waals surface area contributed by atoms with Gasteiger partial charge in [-0.3, -0.25) is 14.8 Å². The molecule has 0 saturated heterocycles. The predicted molar refractivity (Wildman–Crippen MR) is 98.8 cm³/mol. The molecule has 4 rings (SSSR count). The van der Waals surface area contributed by atoms with E-state index in [2.05, 4.69) is 43.7 Å². The molecule has 0 spiro atoms. The summed E-state index contributed by atoms with van der Waals surface area (Å²) in [5, 5.41) is 6.94. The lowest BCUT2D eigenvalue weighted by molar-refractivity contribution is 0.182. The molecule has 3 heterocycles. The summed E-state index contributed by atoms with van der Waals surface area (Å²) < 4.78 is 1.05. The molecule has 0 bridgehead atoms. The van der Waals surface area contributed by atoms with Crippen LogP contribution in [-0.4, -0.2) is 41.3 Å². The van der Waals surface area contributed by atoms with Crippen LogP contribution in [0.1, 0.15) is 25.1 Å². The maximum absolute atomic E-state index is 12.7. The first-order chi connectivity index (χ1) is 11.2. The number of nitrogens with one attached hydrogen (secondary N) is 2. The Morgan fingerprint density at radius 3 is 2.75 bits per heavy atom. The summed E-state index contributed by atoms with van der Waals surface area (Å²) in [6.07, 6.45) is 0.860. The largest absolute Gasteiger partial charge is 0.356 e. The van der Waals surface area contributed by atoms with Crippen LogP contribution in [0, 0.1) is 0 Å². The Balaban J connectivity index is 0.00000169. The van der Waals surface area contributed by atoms with Crippen LogP contribution in [0.3, 0.4) is 0 Å². The smallest absolute Gasteiger partial charge is 0.331 e. The molecule has 6 nitrogen and oxygen atoms in total. The number of urea groups is 1. The fraction of sp³-hybridized carbons (Fsp3) is 0.375. The number of rotatable bonds is 2. The van der Waals surface area contributed by atoms with Crippen LogP contribution in [0.4, 0.5) is 4.79 Å². The van der Waals surface area contributed by atoms with Crippen molar-refractivity contribution in [3.63, 3.8) is 0 Å². The molecule has 0 fully saturated rings. The van der Waals surface area contributed by atoms with E-state index in [0.717, 1.165) is 46.9 Å². The highest BCUT2D eigenvalue weighted by atomic mass is 79.9. The highest BCUT2D eigenvalue weighted by Gasteiger charge is 2.42. The summed E-state index contributed by atoms with van der Waals surface area (Å²) in [5.74, 6) is 1.61. The van der Waals surface area contributed by atoms with Gasteiger partial charge in [0.05, 0.1) is 0 Å². The molecular formula is C16H19BrClN5O. The second-order valence-corrected chi connectivity index (χ2v) is 6.65. The lowest BCUT2D eigenvalue weighted by Crippen LogP contribution is -2.54. The summed E-state index contributed by atoms with van der Waals surface area (Å²) in [7, 11) is 0. The predicted octanol–water partition coefficient (Wildman–Crippen LogP) is 2.79. The van der Waals surface area contributed by atoms with Crippen molar-refractivity contribution in [1.29, 1.82) is 0 Å². The van der Waals surface area contributed by atoms with Gasteiger partial charge >= 0.3 is 6.03 Å². The number of aliphatic imine (C=N–C) groups is 1. The fourth-order valence-corrected chi connectivity index (χ4v) is 3.47. The first-order valence-corrected chi connectivity index (χ1v) is 8.65. The molecule has 2 N–H and O–H groups in total. The van der Waals surface area contributed by atoms with E-state index in [-0.39, 0.29) is 24.6 Å². The summed E-state index contributed by atoms with van der Waals surface area (Å²) in [6.45, 7) is 4.12. The number of hydrogen-bond acceptors (Lipinski definition) is 4. The Morgan fingerprint density at radius 1 is 1.29 bits per heavy atom. The zero-order valence-corrected chi connectivity index (χ0v) is 15.7. The molecule has 0 aromatic heterocycles. The minimum absolute atomic E-state index is 0. The van der Waals surface area contributed by atoms with E-state index in [1.807, 2.05) is 19.1 Å². The van der Waals surface area contributed by atoms with Crippen LogP contribution in [-0.2, 0) is 0 Å². The molecule has 0 radical (unpaired) electrons. The summed E-state index contributed by atoms with van der Waals surface area (Å²) >= 11 is 3.46. The molecule has 0 saturated carbocycles. The minimum atomic E-state index is -0.0560. The second-order valence-electron chi connectivity index (χ2n) is 5.73. The van der Waals surface area contributed by atoms with Crippen molar-refractivity contribution in [2.45, 2.75) is 19.5 Å². The van der Waals surface area contributed by atoms with Gasteiger partial charge in [0, 0.05) is 24.1 Å². The van der Waals surface area contributed by atoms with Crippen molar-refractivity contribution >= 4 is 40.2 Å². The molecule has 128 valence electrons. The maximum Gasteiger partial charge on any atom is 0.331 e. The number of amidine groups is 1. The van der Waals surface area contributed by atoms with E-state index in [4.69, 9.17) is 0 Å². The maximum atomic E-state index is 12.7. The van der Waals surface area contributed by atoms with Crippen LogP contribution in [0.5, 0.6) is 0 Å². The quantitative estimate of drug-likeness (QED) is 0.785. The number of carbonyl (C=O) groups excluding carboxylic acids is 1. The Kier molecular flexibility index (Phi) is 4.73. The number of carbonyl (C=O) groups is 1.